The maximum absolute atomic E-state index is 10.7. The van der Waals surface area contributed by atoms with Crippen molar-refractivity contribution >= 4 is 27.5 Å². The highest BCUT2D eigenvalue weighted by atomic mass is 79.9. The fraction of sp³-hybridized carbons (Fsp3) is 0.364. The lowest BCUT2D eigenvalue weighted by Crippen LogP contribution is -2.29. The molecule has 1 rings (SSSR count). The van der Waals surface area contributed by atoms with E-state index in [0.29, 0.717) is 24.1 Å². The minimum Gasteiger partial charge on any atom is -0.355 e. The van der Waals surface area contributed by atoms with Gasteiger partial charge in [-0.25, -0.2) is 0 Å². The van der Waals surface area contributed by atoms with Crippen LogP contribution in [0, 0.1) is 10.1 Å². The number of nitrogens with zero attached hydrogens (tertiary/aromatic N) is 1. The normalized spacial score (nSPS) is 10.1. The Bertz CT molecular complexity index is 451. The van der Waals surface area contributed by atoms with E-state index in [0.717, 1.165) is 5.56 Å². The molecule has 0 aliphatic heterocycles. The Balaban J connectivity index is 2.45. The third kappa shape index (κ3) is 4.80. The van der Waals surface area contributed by atoms with Gasteiger partial charge in [0.05, 0.1) is 9.40 Å². The Morgan fingerprint density at radius 3 is 2.78 bits per heavy atom. The highest BCUT2D eigenvalue weighted by Gasteiger charge is 2.11. The molecule has 0 spiro atoms. The Labute approximate surface area is 113 Å². The first-order valence-electron chi connectivity index (χ1n) is 5.38. The van der Waals surface area contributed by atoms with Gasteiger partial charge >= 0.3 is 0 Å². The van der Waals surface area contributed by atoms with E-state index in [-0.39, 0.29) is 11.6 Å². The van der Waals surface area contributed by atoms with E-state index in [1.165, 1.54) is 13.0 Å². The predicted octanol–water partition coefficient (Wildman–Crippen LogP) is 1.58. The van der Waals surface area contributed by atoms with Crippen molar-refractivity contribution in [2.75, 3.05) is 13.1 Å². The van der Waals surface area contributed by atoms with Gasteiger partial charge in [-0.15, -0.1) is 0 Å². The molecule has 1 aromatic rings. The summed E-state index contributed by atoms with van der Waals surface area (Å²) >= 11 is 3.13. The lowest BCUT2D eigenvalue weighted by Gasteiger charge is -2.06. The van der Waals surface area contributed by atoms with Crippen LogP contribution in [0.5, 0.6) is 0 Å². The molecule has 98 valence electrons. The van der Waals surface area contributed by atoms with Crippen molar-refractivity contribution in [3.05, 3.63) is 38.3 Å². The van der Waals surface area contributed by atoms with Gasteiger partial charge in [0.2, 0.25) is 5.91 Å². The van der Waals surface area contributed by atoms with Crippen LogP contribution in [-0.4, -0.2) is 23.9 Å². The third-order valence-electron chi connectivity index (χ3n) is 2.21. The predicted molar refractivity (Wildman–Crippen MR) is 71.2 cm³/mol. The van der Waals surface area contributed by atoms with Gasteiger partial charge in [-0.05, 0) is 27.6 Å². The molecule has 7 heteroatoms. The number of benzene rings is 1. The molecule has 0 saturated heterocycles. The highest BCUT2D eigenvalue weighted by Crippen LogP contribution is 2.25. The van der Waals surface area contributed by atoms with E-state index >= 15 is 0 Å². The number of carbonyl (C=O) groups excluding carboxylic acids is 1. The van der Waals surface area contributed by atoms with E-state index in [2.05, 4.69) is 26.6 Å². The summed E-state index contributed by atoms with van der Waals surface area (Å²) in [6.07, 6.45) is 0. The van der Waals surface area contributed by atoms with Crippen molar-refractivity contribution in [2.24, 2.45) is 0 Å². The molecule has 0 atom stereocenters. The number of amides is 1. The van der Waals surface area contributed by atoms with Crippen LogP contribution >= 0.6 is 15.9 Å². The molecule has 2 N–H and O–H groups in total. The number of halogens is 1. The fourth-order valence-corrected chi connectivity index (χ4v) is 1.76. The summed E-state index contributed by atoms with van der Waals surface area (Å²) in [5, 5.41) is 16.5. The van der Waals surface area contributed by atoms with Gasteiger partial charge in [-0.3, -0.25) is 14.9 Å². The summed E-state index contributed by atoms with van der Waals surface area (Å²) in [6.45, 7) is 3.13. The molecule has 0 aromatic heterocycles. The second-order valence-corrected chi connectivity index (χ2v) is 4.56. The van der Waals surface area contributed by atoms with Gasteiger partial charge < -0.3 is 10.6 Å². The molecule has 0 saturated carbocycles. The van der Waals surface area contributed by atoms with Crippen LogP contribution in [0.1, 0.15) is 12.5 Å². The number of nitro benzene ring substituents is 1. The van der Waals surface area contributed by atoms with Crippen LogP contribution in [-0.2, 0) is 11.3 Å². The zero-order chi connectivity index (χ0) is 13.5. The molecular formula is C11H14BrN3O3. The molecule has 0 unspecified atom stereocenters. The minimum absolute atomic E-state index is 0.0520. The average molecular weight is 316 g/mol. The second kappa shape index (κ2) is 7.07. The molecule has 18 heavy (non-hydrogen) atoms. The summed E-state index contributed by atoms with van der Waals surface area (Å²) in [5.41, 5.74) is 0.879. The molecule has 6 nitrogen and oxygen atoms in total. The first-order chi connectivity index (χ1) is 8.50. The van der Waals surface area contributed by atoms with Crippen molar-refractivity contribution in [3.63, 3.8) is 0 Å². The number of nitro groups is 1. The monoisotopic (exact) mass is 315 g/mol. The molecule has 0 bridgehead atoms. The maximum Gasteiger partial charge on any atom is 0.283 e. The number of rotatable bonds is 6. The van der Waals surface area contributed by atoms with Crippen LogP contribution in [0.25, 0.3) is 0 Å². The van der Waals surface area contributed by atoms with Crippen LogP contribution in [0.2, 0.25) is 0 Å². The van der Waals surface area contributed by atoms with E-state index in [1.807, 2.05) is 6.07 Å². The third-order valence-corrected chi connectivity index (χ3v) is 2.88. The molecule has 0 radical (unpaired) electrons. The Morgan fingerprint density at radius 1 is 1.44 bits per heavy atom. The Morgan fingerprint density at radius 2 is 2.17 bits per heavy atom. The van der Waals surface area contributed by atoms with Crippen molar-refractivity contribution in [3.8, 4) is 0 Å². The molecule has 0 aliphatic carbocycles. The maximum atomic E-state index is 10.7. The van der Waals surface area contributed by atoms with Gasteiger partial charge in [-0.1, -0.05) is 6.07 Å². The van der Waals surface area contributed by atoms with E-state index in [4.69, 9.17) is 0 Å². The van der Waals surface area contributed by atoms with Crippen LogP contribution in [0.4, 0.5) is 5.69 Å². The van der Waals surface area contributed by atoms with Gasteiger partial charge in [0.1, 0.15) is 0 Å². The molecule has 0 aliphatic rings. The lowest BCUT2D eigenvalue weighted by atomic mass is 10.2. The molecule has 1 amide bonds. The van der Waals surface area contributed by atoms with Crippen molar-refractivity contribution in [1.29, 1.82) is 0 Å². The fourth-order valence-electron chi connectivity index (χ4n) is 1.37. The summed E-state index contributed by atoms with van der Waals surface area (Å²) in [4.78, 5) is 20.9. The first kappa shape index (κ1) is 14.6. The largest absolute Gasteiger partial charge is 0.355 e. The Kier molecular flexibility index (Phi) is 5.73. The van der Waals surface area contributed by atoms with E-state index in [1.54, 1.807) is 6.07 Å². The smallest absolute Gasteiger partial charge is 0.283 e. The Hall–Kier alpha value is -1.47. The number of hydrogen-bond acceptors (Lipinski definition) is 4. The van der Waals surface area contributed by atoms with Crippen molar-refractivity contribution in [2.45, 2.75) is 13.5 Å². The summed E-state index contributed by atoms with van der Waals surface area (Å²) < 4.78 is 0.467. The van der Waals surface area contributed by atoms with E-state index < -0.39 is 4.92 Å². The number of hydrogen-bond donors (Lipinski definition) is 2. The molecule has 0 fully saturated rings. The number of carbonyl (C=O) groups is 1. The lowest BCUT2D eigenvalue weighted by molar-refractivity contribution is -0.385. The molecular weight excluding hydrogens is 302 g/mol. The van der Waals surface area contributed by atoms with Crippen LogP contribution in [0.15, 0.2) is 22.7 Å². The SMILES string of the molecule is CC(=O)NCCNCc1ccc(Br)c([N+](=O)[O-])c1. The standard InChI is InChI=1S/C11H14BrN3O3/c1-8(16)14-5-4-13-7-9-2-3-10(12)11(6-9)15(17)18/h2-3,6,13H,4-5,7H2,1H3,(H,14,16). The molecule has 1 aromatic carbocycles. The first-order valence-corrected chi connectivity index (χ1v) is 6.18. The summed E-state index contributed by atoms with van der Waals surface area (Å²) in [5.74, 6) is -0.0731. The van der Waals surface area contributed by atoms with Gasteiger partial charge in [0, 0.05) is 32.6 Å². The zero-order valence-corrected chi connectivity index (χ0v) is 11.5. The minimum atomic E-state index is -0.426. The summed E-state index contributed by atoms with van der Waals surface area (Å²) in [7, 11) is 0. The molecule has 0 heterocycles. The van der Waals surface area contributed by atoms with Crippen LogP contribution in [0.3, 0.4) is 0 Å². The highest BCUT2D eigenvalue weighted by molar-refractivity contribution is 9.10. The zero-order valence-electron chi connectivity index (χ0n) is 9.90. The van der Waals surface area contributed by atoms with Gasteiger partial charge in [0.15, 0.2) is 0 Å². The van der Waals surface area contributed by atoms with Crippen LogP contribution < -0.4 is 10.6 Å². The number of nitrogens with one attached hydrogen (secondary N) is 2. The second-order valence-electron chi connectivity index (χ2n) is 3.70. The van der Waals surface area contributed by atoms with E-state index in [9.17, 15) is 14.9 Å². The van der Waals surface area contributed by atoms with Gasteiger partial charge in [0.25, 0.3) is 5.69 Å². The topological polar surface area (TPSA) is 84.3 Å². The van der Waals surface area contributed by atoms with Crippen molar-refractivity contribution in [1.82, 2.24) is 10.6 Å². The quantitative estimate of drug-likeness (QED) is 0.474. The average Bonchev–Trinajstić information content (AvgIpc) is 2.30. The summed E-state index contributed by atoms with van der Waals surface area (Å²) in [6, 6.07) is 4.99. The van der Waals surface area contributed by atoms with Gasteiger partial charge in [-0.2, -0.15) is 0 Å². The van der Waals surface area contributed by atoms with Crippen molar-refractivity contribution < 1.29 is 9.72 Å².